The molecule has 0 spiro atoms. The molecule has 0 saturated heterocycles. The third-order valence-corrected chi connectivity index (χ3v) is 3.88. The number of nitrogens with zero attached hydrogens (tertiary/aromatic N) is 2. The maximum Gasteiger partial charge on any atom is 0.275 e. The smallest absolute Gasteiger partial charge is 0.275 e. The van der Waals surface area contributed by atoms with Crippen LogP contribution >= 0.6 is 0 Å². The van der Waals surface area contributed by atoms with Gasteiger partial charge in [-0.25, -0.2) is 23.1 Å². The number of carbonyl (C=O) groups is 1. The van der Waals surface area contributed by atoms with E-state index in [1.807, 2.05) is 0 Å². The summed E-state index contributed by atoms with van der Waals surface area (Å²) in [5, 5.41) is 5.37. The van der Waals surface area contributed by atoms with E-state index in [1.54, 1.807) is 0 Å². The van der Waals surface area contributed by atoms with E-state index in [1.165, 1.54) is 25.2 Å². The third-order valence-electron chi connectivity index (χ3n) is 3.88. The van der Waals surface area contributed by atoms with Crippen molar-refractivity contribution in [1.29, 1.82) is 0 Å². The fourth-order valence-corrected chi connectivity index (χ4v) is 2.61. The molecule has 24 heavy (non-hydrogen) atoms. The number of halogens is 3. The monoisotopic (exact) mass is 336 g/mol. The molecule has 8 heteroatoms. The Morgan fingerprint density at radius 1 is 1.04 bits per heavy atom. The molecule has 2 aromatic rings. The predicted molar refractivity (Wildman–Crippen MR) is 82.2 cm³/mol. The summed E-state index contributed by atoms with van der Waals surface area (Å²) in [7, 11) is 0. The van der Waals surface area contributed by atoms with Gasteiger partial charge in [-0.2, -0.15) is 0 Å². The second-order valence-electron chi connectivity index (χ2n) is 5.59. The lowest BCUT2D eigenvalue weighted by atomic mass is 10.2. The fourth-order valence-electron chi connectivity index (χ4n) is 2.61. The first kappa shape index (κ1) is 16.2. The minimum absolute atomic E-state index is 0.0592. The molecule has 1 heterocycles. The van der Waals surface area contributed by atoms with Crippen molar-refractivity contribution in [1.82, 2.24) is 9.97 Å². The van der Waals surface area contributed by atoms with Crippen LogP contribution < -0.4 is 10.6 Å². The Labute approximate surface area is 136 Å². The first-order valence-corrected chi connectivity index (χ1v) is 7.58. The quantitative estimate of drug-likeness (QED) is 0.839. The fraction of sp³-hybridized carbons (Fsp3) is 0.312. The highest BCUT2D eigenvalue weighted by Gasteiger charge is 2.18. The normalized spacial score (nSPS) is 14.6. The molecule has 2 N–H and O–H groups in total. The lowest BCUT2D eigenvalue weighted by molar-refractivity contribution is 0.102. The van der Waals surface area contributed by atoms with Gasteiger partial charge in [-0.05, 0) is 25.0 Å². The van der Waals surface area contributed by atoms with Crippen molar-refractivity contribution in [2.24, 2.45) is 0 Å². The molecule has 1 amide bonds. The molecule has 0 radical (unpaired) electrons. The molecule has 1 fully saturated rings. The van der Waals surface area contributed by atoms with E-state index in [0.29, 0.717) is 11.9 Å². The van der Waals surface area contributed by atoms with Crippen LogP contribution in [0.25, 0.3) is 0 Å². The van der Waals surface area contributed by atoms with Gasteiger partial charge in [0.1, 0.15) is 11.5 Å². The number of anilines is 2. The summed E-state index contributed by atoms with van der Waals surface area (Å²) in [6, 6.07) is 2.03. The van der Waals surface area contributed by atoms with Crippen molar-refractivity contribution in [2.75, 3.05) is 10.6 Å². The predicted octanol–water partition coefficient (Wildman–Crippen LogP) is 3.50. The van der Waals surface area contributed by atoms with Gasteiger partial charge in [-0.1, -0.05) is 12.8 Å². The van der Waals surface area contributed by atoms with Crippen LogP contribution in [0.1, 0.15) is 36.2 Å². The van der Waals surface area contributed by atoms with Gasteiger partial charge in [-0.3, -0.25) is 4.79 Å². The average Bonchev–Trinajstić information content (AvgIpc) is 3.09. The SMILES string of the molecule is O=C(Nc1ccc(F)c(F)c1F)c1cnc(NC2CCCC2)cn1. The highest BCUT2D eigenvalue weighted by molar-refractivity contribution is 6.02. The number of amides is 1. The van der Waals surface area contributed by atoms with Crippen LogP contribution in [0.3, 0.4) is 0 Å². The molecule has 1 aliphatic carbocycles. The summed E-state index contributed by atoms with van der Waals surface area (Å²) in [5.74, 6) is -4.64. The van der Waals surface area contributed by atoms with E-state index >= 15 is 0 Å². The van der Waals surface area contributed by atoms with E-state index in [9.17, 15) is 18.0 Å². The number of aromatic nitrogens is 2. The van der Waals surface area contributed by atoms with Gasteiger partial charge in [0.2, 0.25) is 0 Å². The zero-order valence-corrected chi connectivity index (χ0v) is 12.7. The number of benzene rings is 1. The van der Waals surface area contributed by atoms with Crippen molar-refractivity contribution in [3.05, 3.63) is 47.7 Å². The molecule has 0 atom stereocenters. The molecule has 0 bridgehead atoms. The molecule has 1 aromatic carbocycles. The lowest BCUT2D eigenvalue weighted by Gasteiger charge is -2.12. The second kappa shape index (κ2) is 6.86. The Hall–Kier alpha value is -2.64. The molecule has 5 nitrogen and oxygen atoms in total. The third kappa shape index (κ3) is 3.47. The lowest BCUT2D eigenvalue weighted by Crippen LogP contribution is -2.18. The molecule has 1 aromatic heterocycles. The molecule has 0 aliphatic heterocycles. The number of carbonyl (C=O) groups excluding carboxylic acids is 1. The van der Waals surface area contributed by atoms with Gasteiger partial charge in [0.05, 0.1) is 18.1 Å². The van der Waals surface area contributed by atoms with Gasteiger partial charge in [0.25, 0.3) is 5.91 Å². The first-order valence-electron chi connectivity index (χ1n) is 7.58. The summed E-state index contributed by atoms with van der Waals surface area (Å²) < 4.78 is 39.6. The van der Waals surface area contributed by atoms with E-state index in [4.69, 9.17) is 0 Å². The Morgan fingerprint density at radius 2 is 1.79 bits per heavy atom. The minimum Gasteiger partial charge on any atom is -0.366 e. The van der Waals surface area contributed by atoms with Crippen LogP contribution in [-0.2, 0) is 0 Å². The number of nitrogens with one attached hydrogen (secondary N) is 2. The van der Waals surface area contributed by atoms with Crippen LogP contribution in [-0.4, -0.2) is 21.9 Å². The zero-order chi connectivity index (χ0) is 17.1. The van der Waals surface area contributed by atoms with Crippen LogP contribution in [0.4, 0.5) is 24.7 Å². The summed E-state index contributed by atoms with van der Waals surface area (Å²) in [6.07, 6.45) is 7.13. The van der Waals surface area contributed by atoms with Crippen LogP contribution in [0.5, 0.6) is 0 Å². The first-order chi connectivity index (χ1) is 11.5. The molecule has 0 unspecified atom stereocenters. The number of hydrogen-bond donors (Lipinski definition) is 2. The maximum atomic E-state index is 13.6. The standard InChI is InChI=1S/C16H15F3N4O/c17-10-5-6-11(15(19)14(10)18)23-16(24)12-7-21-13(8-20-12)22-9-3-1-2-4-9/h5-9H,1-4H2,(H,21,22)(H,23,24). The number of hydrogen-bond acceptors (Lipinski definition) is 4. The Kier molecular flexibility index (Phi) is 4.64. The topological polar surface area (TPSA) is 66.9 Å². The molecule has 3 rings (SSSR count). The molecule has 1 aliphatic rings. The Bertz CT molecular complexity index is 746. The van der Waals surface area contributed by atoms with Gasteiger partial charge < -0.3 is 10.6 Å². The van der Waals surface area contributed by atoms with E-state index in [2.05, 4.69) is 20.6 Å². The molecular formula is C16H15F3N4O. The van der Waals surface area contributed by atoms with E-state index in [-0.39, 0.29) is 5.69 Å². The van der Waals surface area contributed by atoms with E-state index in [0.717, 1.165) is 25.0 Å². The summed E-state index contributed by atoms with van der Waals surface area (Å²) in [4.78, 5) is 20.1. The van der Waals surface area contributed by atoms with Crippen LogP contribution in [0.15, 0.2) is 24.5 Å². The van der Waals surface area contributed by atoms with Crippen molar-refractivity contribution in [3.63, 3.8) is 0 Å². The van der Waals surface area contributed by atoms with Crippen molar-refractivity contribution in [3.8, 4) is 0 Å². The second-order valence-corrected chi connectivity index (χ2v) is 5.59. The van der Waals surface area contributed by atoms with Crippen LogP contribution in [0.2, 0.25) is 0 Å². The molecule has 126 valence electrons. The largest absolute Gasteiger partial charge is 0.366 e. The molecular weight excluding hydrogens is 321 g/mol. The zero-order valence-electron chi connectivity index (χ0n) is 12.7. The van der Waals surface area contributed by atoms with Crippen LogP contribution in [0, 0.1) is 17.5 Å². The van der Waals surface area contributed by atoms with Gasteiger partial charge in [0, 0.05) is 6.04 Å². The summed E-state index contributed by atoms with van der Waals surface area (Å²) in [6.45, 7) is 0. The Balaban J connectivity index is 1.68. The maximum absolute atomic E-state index is 13.6. The summed E-state index contributed by atoms with van der Waals surface area (Å²) >= 11 is 0. The van der Waals surface area contributed by atoms with Crippen molar-refractivity contribution < 1.29 is 18.0 Å². The Morgan fingerprint density at radius 3 is 2.46 bits per heavy atom. The molecule has 1 saturated carbocycles. The highest BCUT2D eigenvalue weighted by Crippen LogP contribution is 2.22. The average molecular weight is 336 g/mol. The van der Waals surface area contributed by atoms with Gasteiger partial charge in [0.15, 0.2) is 17.5 Å². The van der Waals surface area contributed by atoms with Crippen molar-refractivity contribution >= 4 is 17.4 Å². The van der Waals surface area contributed by atoms with Gasteiger partial charge in [-0.15, -0.1) is 0 Å². The highest BCUT2D eigenvalue weighted by atomic mass is 19.2. The van der Waals surface area contributed by atoms with E-state index < -0.39 is 29.0 Å². The summed E-state index contributed by atoms with van der Waals surface area (Å²) in [5.41, 5.74) is -0.523. The van der Waals surface area contributed by atoms with Gasteiger partial charge >= 0.3 is 0 Å². The number of rotatable bonds is 4. The minimum atomic E-state index is -1.64. The van der Waals surface area contributed by atoms with Crippen molar-refractivity contribution in [2.45, 2.75) is 31.7 Å².